The first-order valence-corrected chi connectivity index (χ1v) is 13.0. The van der Waals surface area contributed by atoms with E-state index in [2.05, 4.69) is 32.3 Å². The zero-order chi connectivity index (χ0) is 28.2. The van der Waals surface area contributed by atoms with Crippen molar-refractivity contribution in [2.45, 2.75) is 38.7 Å². The predicted molar refractivity (Wildman–Crippen MR) is 152 cm³/mol. The van der Waals surface area contributed by atoms with Crippen LogP contribution in [0.2, 0.25) is 0 Å². The zero-order valence-corrected chi connectivity index (χ0v) is 22.2. The number of hydrazone groups is 1. The van der Waals surface area contributed by atoms with Crippen molar-refractivity contribution >= 4 is 28.4 Å². The number of benzene rings is 2. The average molecular weight is 536 g/mol. The molecule has 9 heteroatoms. The molecule has 1 aliphatic rings. The van der Waals surface area contributed by atoms with Crippen molar-refractivity contribution in [3.05, 3.63) is 94.4 Å². The molecule has 1 atom stereocenters. The van der Waals surface area contributed by atoms with E-state index in [0.717, 1.165) is 16.5 Å². The molecule has 0 spiro atoms. The lowest BCUT2D eigenvalue weighted by Gasteiger charge is -2.23. The molecule has 2 amide bonds. The van der Waals surface area contributed by atoms with Crippen LogP contribution in [0.25, 0.3) is 10.9 Å². The minimum Gasteiger partial charge on any atom is -0.490 e. The number of hydrogen-bond donors (Lipinski definition) is 4. The smallest absolute Gasteiger partial charge is 0.252 e. The molecule has 0 aliphatic carbocycles. The number of rotatable bonds is 8. The highest BCUT2D eigenvalue weighted by Crippen LogP contribution is 2.35. The molecule has 2 aromatic carbocycles. The number of para-hydroxylation sites is 1. The van der Waals surface area contributed by atoms with Crippen LogP contribution in [-0.4, -0.2) is 45.3 Å². The number of primary amides is 1. The lowest BCUT2D eigenvalue weighted by atomic mass is 9.88. The molecule has 202 valence electrons. The van der Waals surface area contributed by atoms with Crippen molar-refractivity contribution in [1.29, 1.82) is 0 Å². The van der Waals surface area contributed by atoms with Crippen LogP contribution in [0.15, 0.2) is 66.2 Å². The number of nitrogens with two attached hydrogens (primary N) is 1. The van der Waals surface area contributed by atoms with Gasteiger partial charge in [0.2, 0.25) is 5.91 Å². The van der Waals surface area contributed by atoms with Crippen molar-refractivity contribution in [2.24, 2.45) is 10.8 Å². The van der Waals surface area contributed by atoms with Crippen LogP contribution in [0, 0.1) is 11.8 Å². The summed E-state index contributed by atoms with van der Waals surface area (Å²) in [6, 6.07) is 13.2. The second-order valence-electron chi connectivity index (χ2n) is 9.90. The van der Waals surface area contributed by atoms with Crippen molar-refractivity contribution in [3.63, 3.8) is 0 Å². The number of nitrogens with zero attached hydrogens (tertiary/aromatic N) is 2. The van der Waals surface area contributed by atoms with E-state index in [1.807, 2.05) is 50.4 Å². The minimum atomic E-state index is -0.649. The Morgan fingerprint density at radius 3 is 2.67 bits per heavy atom. The molecule has 5 N–H and O–H groups in total. The van der Waals surface area contributed by atoms with Gasteiger partial charge in [-0.15, -0.1) is 0 Å². The summed E-state index contributed by atoms with van der Waals surface area (Å²) in [7, 11) is 0. The maximum absolute atomic E-state index is 12.6. The van der Waals surface area contributed by atoms with Gasteiger partial charge in [0.15, 0.2) is 0 Å². The van der Waals surface area contributed by atoms with Crippen LogP contribution < -0.4 is 15.9 Å². The van der Waals surface area contributed by atoms with Gasteiger partial charge >= 0.3 is 0 Å². The summed E-state index contributed by atoms with van der Waals surface area (Å²) < 4.78 is 6.10. The molecule has 3 heterocycles. The number of aromatic nitrogens is 2. The highest BCUT2D eigenvalue weighted by Gasteiger charge is 2.24. The highest BCUT2D eigenvalue weighted by atomic mass is 16.5. The summed E-state index contributed by atoms with van der Waals surface area (Å²) in [4.78, 5) is 31.6. The number of carbonyl (C=O) groups is 2. The first-order chi connectivity index (χ1) is 19.3. The molecule has 0 radical (unpaired) electrons. The van der Waals surface area contributed by atoms with Gasteiger partial charge in [-0.05, 0) is 50.1 Å². The van der Waals surface area contributed by atoms with Gasteiger partial charge in [0.25, 0.3) is 5.91 Å². The van der Waals surface area contributed by atoms with Gasteiger partial charge in [0, 0.05) is 57.7 Å². The average Bonchev–Trinajstić information content (AvgIpc) is 3.57. The van der Waals surface area contributed by atoms with Gasteiger partial charge in [0.1, 0.15) is 5.75 Å². The number of H-pyrrole nitrogens is 1. The summed E-state index contributed by atoms with van der Waals surface area (Å²) in [6.07, 6.45) is 5.64. The third-order valence-electron chi connectivity index (χ3n) is 6.60. The fourth-order valence-corrected chi connectivity index (χ4v) is 4.75. The molecule has 0 unspecified atom stereocenters. The minimum absolute atomic E-state index is 0.173. The number of carbonyl (C=O) groups excluding carboxylic acids is 2. The summed E-state index contributed by atoms with van der Waals surface area (Å²) >= 11 is 0. The summed E-state index contributed by atoms with van der Waals surface area (Å²) in [5.74, 6) is 5.34. The quantitative estimate of drug-likeness (QED) is 0.256. The van der Waals surface area contributed by atoms with Crippen molar-refractivity contribution in [2.75, 3.05) is 6.61 Å². The number of ether oxygens (including phenoxy) is 1. The van der Waals surface area contributed by atoms with Gasteiger partial charge in [-0.1, -0.05) is 30.0 Å². The standard InChI is InChI=1S/C31H29N5O4/c1-18(2)40-30-25(23(17-37)12-21-16-34-27-6-4-3-5-24(21)27)10-19(11-26(30)31(32)39)7-8-20-9-22(15-33-14-20)28-13-29(38)36-35-28/h3-6,9-11,14-16,18,23,34,37H,12-13,17H2,1-2H3,(H2,32,39)(H,36,38)/t23-/m0/s1. The maximum Gasteiger partial charge on any atom is 0.252 e. The molecule has 40 heavy (non-hydrogen) atoms. The molecular formula is C31H29N5O4. The molecule has 4 aromatic rings. The number of pyridine rings is 1. The topological polar surface area (TPSA) is 143 Å². The molecule has 0 fully saturated rings. The number of fused-ring (bicyclic) bond motifs is 1. The van der Waals surface area contributed by atoms with Gasteiger partial charge in [-0.2, -0.15) is 5.10 Å². The van der Waals surface area contributed by atoms with Gasteiger partial charge in [-0.25, -0.2) is 5.43 Å². The van der Waals surface area contributed by atoms with E-state index in [-0.39, 0.29) is 36.5 Å². The molecule has 2 aromatic heterocycles. The summed E-state index contributed by atoms with van der Waals surface area (Å²) in [5, 5.41) is 15.6. The Hall–Kier alpha value is -4.94. The number of hydrogen-bond acceptors (Lipinski definition) is 6. The highest BCUT2D eigenvalue weighted by molar-refractivity contribution is 6.13. The Morgan fingerprint density at radius 1 is 1.15 bits per heavy atom. The molecule has 9 nitrogen and oxygen atoms in total. The Bertz CT molecular complexity index is 1690. The molecule has 0 saturated heterocycles. The normalized spacial score (nSPS) is 13.5. The monoisotopic (exact) mass is 535 g/mol. The second-order valence-corrected chi connectivity index (χ2v) is 9.90. The van der Waals surface area contributed by atoms with Crippen molar-refractivity contribution in [1.82, 2.24) is 15.4 Å². The lowest BCUT2D eigenvalue weighted by Crippen LogP contribution is -2.19. The number of aromatic amines is 1. The fourth-order valence-electron chi connectivity index (χ4n) is 4.75. The van der Waals surface area contributed by atoms with Gasteiger partial charge in [-0.3, -0.25) is 14.6 Å². The van der Waals surface area contributed by atoms with E-state index in [9.17, 15) is 14.7 Å². The van der Waals surface area contributed by atoms with Crippen molar-refractivity contribution in [3.8, 4) is 17.6 Å². The lowest BCUT2D eigenvalue weighted by molar-refractivity contribution is -0.119. The molecule has 0 saturated carbocycles. The Labute approximate surface area is 231 Å². The number of amides is 2. The van der Waals surface area contributed by atoms with E-state index < -0.39 is 5.91 Å². The molecular weight excluding hydrogens is 506 g/mol. The van der Waals surface area contributed by atoms with Crippen LogP contribution in [0.4, 0.5) is 0 Å². The Balaban J connectivity index is 1.55. The Morgan fingerprint density at radius 2 is 1.95 bits per heavy atom. The van der Waals surface area contributed by atoms with Crippen LogP contribution in [0.5, 0.6) is 5.75 Å². The molecule has 1 aliphatic heterocycles. The van der Waals surface area contributed by atoms with Crippen LogP contribution >= 0.6 is 0 Å². The summed E-state index contributed by atoms with van der Waals surface area (Å²) in [5.41, 5.74) is 13.6. The zero-order valence-electron chi connectivity index (χ0n) is 22.2. The largest absolute Gasteiger partial charge is 0.490 e. The first kappa shape index (κ1) is 26.7. The van der Waals surface area contributed by atoms with Gasteiger partial charge in [0.05, 0.1) is 30.4 Å². The van der Waals surface area contributed by atoms with Gasteiger partial charge < -0.3 is 20.6 Å². The number of aliphatic hydroxyl groups excluding tert-OH is 1. The van der Waals surface area contributed by atoms with E-state index in [1.165, 1.54) is 0 Å². The second kappa shape index (κ2) is 11.4. The SMILES string of the molecule is CC(C)Oc1c(C(N)=O)cc(C#Cc2cncc(C3=NNC(=O)C3)c2)cc1[C@H](CO)Cc1c[nH]c2ccccc12. The maximum atomic E-state index is 12.6. The van der Waals surface area contributed by atoms with Crippen LogP contribution in [-0.2, 0) is 11.2 Å². The van der Waals surface area contributed by atoms with E-state index in [1.54, 1.807) is 24.5 Å². The van der Waals surface area contributed by atoms with Crippen LogP contribution in [0.1, 0.15) is 64.4 Å². The Kier molecular flexibility index (Phi) is 7.62. The first-order valence-electron chi connectivity index (χ1n) is 13.0. The number of aliphatic hydroxyl groups is 1. The summed E-state index contributed by atoms with van der Waals surface area (Å²) in [6.45, 7) is 3.56. The fraction of sp³-hybridized carbons (Fsp3) is 0.226. The van der Waals surface area contributed by atoms with E-state index in [0.29, 0.717) is 40.1 Å². The van der Waals surface area contributed by atoms with E-state index in [4.69, 9.17) is 10.5 Å². The predicted octanol–water partition coefficient (Wildman–Crippen LogP) is 3.39. The van der Waals surface area contributed by atoms with Crippen LogP contribution in [0.3, 0.4) is 0 Å². The third-order valence-corrected chi connectivity index (χ3v) is 6.60. The van der Waals surface area contributed by atoms with Crippen molar-refractivity contribution < 1.29 is 19.4 Å². The third kappa shape index (κ3) is 5.72. The molecule has 0 bridgehead atoms. The molecule has 5 rings (SSSR count). The van der Waals surface area contributed by atoms with E-state index >= 15 is 0 Å². The number of nitrogens with one attached hydrogen (secondary N) is 2.